The second-order valence-corrected chi connectivity index (χ2v) is 10.6. The van der Waals surface area contributed by atoms with Gasteiger partial charge in [-0.1, -0.05) is 30.3 Å². The van der Waals surface area contributed by atoms with Gasteiger partial charge in [0, 0.05) is 39.3 Å². The number of aromatic nitrogens is 2. The molecule has 1 aromatic heterocycles. The number of carbonyl (C=O) groups excluding carboxylic acids is 1. The molecule has 0 spiro atoms. The number of carbonyl (C=O) groups is 2. The van der Waals surface area contributed by atoms with Crippen LogP contribution in [0.1, 0.15) is 46.6 Å². The van der Waals surface area contributed by atoms with Gasteiger partial charge in [-0.2, -0.15) is 0 Å². The summed E-state index contributed by atoms with van der Waals surface area (Å²) in [5.41, 5.74) is 3.51. The largest absolute Gasteiger partial charge is 0.465 e. The van der Waals surface area contributed by atoms with Gasteiger partial charge >= 0.3 is 6.09 Å². The number of amides is 2. The zero-order valence-corrected chi connectivity index (χ0v) is 20.7. The molecule has 2 unspecified atom stereocenters. The van der Waals surface area contributed by atoms with Gasteiger partial charge in [0.2, 0.25) is 0 Å². The van der Waals surface area contributed by atoms with E-state index in [4.69, 9.17) is 0 Å². The highest BCUT2D eigenvalue weighted by molar-refractivity contribution is 5.96. The molecule has 2 amide bonds. The van der Waals surface area contributed by atoms with Gasteiger partial charge in [0.25, 0.3) is 5.91 Å². The van der Waals surface area contributed by atoms with Gasteiger partial charge in [-0.15, -0.1) is 0 Å². The van der Waals surface area contributed by atoms with E-state index in [0.29, 0.717) is 30.5 Å². The van der Waals surface area contributed by atoms with Crippen LogP contribution in [0.3, 0.4) is 0 Å². The molecule has 3 aliphatic heterocycles. The van der Waals surface area contributed by atoms with Crippen LogP contribution < -0.4 is 0 Å². The molecular weight excluding hydrogens is 442 g/mol. The lowest BCUT2D eigenvalue weighted by molar-refractivity contribution is 0.0770. The first kappa shape index (κ1) is 23.7. The third kappa shape index (κ3) is 4.63. The molecule has 0 radical (unpaired) electrons. The molecule has 2 atom stereocenters. The van der Waals surface area contributed by atoms with E-state index < -0.39 is 6.09 Å². The third-order valence-corrected chi connectivity index (χ3v) is 8.57. The van der Waals surface area contributed by atoms with Crippen molar-refractivity contribution < 1.29 is 14.7 Å². The van der Waals surface area contributed by atoms with Crippen LogP contribution in [0.15, 0.2) is 36.7 Å². The summed E-state index contributed by atoms with van der Waals surface area (Å²) < 4.78 is 0. The standard InChI is InChI=1S/C27H35N5O3/c1-19-24(20(2)29-18-28-19)25(33)32-16-21-14-30(15-22(21)17-32)11-8-27(23-6-4-3-5-7-23)9-12-31(13-10-27)26(34)35/h3-7,18,21-22H,8-17H2,1-2H3,(H,34,35). The van der Waals surface area contributed by atoms with E-state index in [1.54, 1.807) is 4.90 Å². The number of fused-ring (bicyclic) bond motifs is 1. The highest BCUT2D eigenvalue weighted by Crippen LogP contribution is 2.40. The molecule has 5 rings (SSSR count). The Kier molecular flexibility index (Phi) is 6.49. The molecule has 0 aliphatic carbocycles. The van der Waals surface area contributed by atoms with Crippen LogP contribution in [0.5, 0.6) is 0 Å². The Morgan fingerprint density at radius 3 is 2.11 bits per heavy atom. The van der Waals surface area contributed by atoms with Crippen molar-refractivity contribution in [1.29, 1.82) is 0 Å². The second-order valence-electron chi connectivity index (χ2n) is 10.6. The predicted octanol–water partition coefficient (Wildman–Crippen LogP) is 3.20. The minimum Gasteiger partial charge on any atom is -0.465 e. The molecule has 4 heterocycles. The fraction of sp³-hybridized carbons (Fsp3) is 0.556. The number of rotatable bonds is 5. The van der Waals surface area contributed by atoms with Gasteiger partial charge in [0.15, 0.2) is 0 Å². The first-order chi connectivity index (χ1) is 16.9. The van der Waals surface area contributed by atoms with E-state index in [1.165, 1.54) is 11.9 Å². The lowest BCUT2D eigenvalue weighted by Gasteiger charge is -2.42. The van der Waals surface area contributed by atoms with E-state index >= 15 is 0 Å². The van der Waals surface area contributed by atoms with Crippen molar-refractivity contribution in [3.05, 3.63) is 59.2 Å². The number of likely N-dealkylation sites (tertiary alicyclic amines) is 3. The molecule has 8 heteroatoms. The molecule has 3 fully saturated rings. The number of hydrogen-bond donors (Lipinski definition) is 1. The normalized spacial score (nSPS) is 23.9. The molecule has 35 heavy (non-hydrogen) atoms. The Balaban J connectivity index is 1.20. The summed E-state index contributed by atoms with van der Waals surface area (Å²) in [4.78, 5) is 39.2. The van der Waals surface area contributed by atoms with Gasteiger partial charge < -0.3 is 19.8 Å². The summed E-state index contributed by atoms with van der Waals surface area (Å²) in [5, 5.41) is 9.42. The Morgan fingerprint density at radius 2 is 1.54 bits per heavy atom. The lowest BCUT2D eigenvalue weighted by Crippen LogP contribution is -2.46. The molecule has 8 nitrogen and oxygen atoms in total. The zero-order valence-electron chi connectivity index (χ0n) is 20.7. The maximum Gasteiger partial charge on any atom is 0.407 e. The van der Waals surface area contributed by atoms with Crippen molar-refractivity contribution >= 4 is 12.0 Å². The van der Waals surface area contributed by atoms with Crippen molar-refractivity contribution in [2.75, 3.05) is 45.8 Å². The highest BCUT2D eigenvalue weighted by Gasteiger charge is 2.43. The van der Waals surface area contributed by atoms with Crippen molar-refractivity contribution in [2.24, 2.45) is 11.8 Å². The Labute approximate surface area is 207 Å². The first-order valence-electron chi connectivity index (χ1n) is 12.7. The zero-order chi connectivity index (χ0) is 24.6. The molecule has 1 N–H and O–H groups in total. The maximum absolute atomic E-state index is 13.2. The van der Waals surface area contributed by atoms with Gasteiger partial charge in [-0.05, 0) is 62.5 Å². The van der Waals surface area contributed by atoms with Gasteiger partial charge in [-0.3, -0.25) is 4.79 Å². The van der Waals surface area contributed by atoms with E-state index in [9.17, 15) is 14.7 Å². The summed E-state index contributed by atoms with van der Waals surface area (Å²) in [5.74, 6) is 1.08. The fourth-order valence-corrected chi connectivity index (χ4v) is 6.47. The van der Waals surface area contributed by atoms with Crippen molar-refractivity contribution in [1.82, 2.24) is 24.7 Å². The monoisotopic (exact) mass is 477 g/mol. The van der Waals surface area contributed by atoms with Gasteiger partial charge in [0.05, 0.1) is 17.0 Å². The molecule has 3 saturated heterocycles. The van der Waals surface area contributed by atoms with E-state index in [0.717, 1.165) is 63.4 Å². The first-order valence-corrected chi connectivity index (χ1v) is 12.7. The van der Waals surface area contributed by atoms with Crippen LogP contribution >= 0.6 is 0 Å². The minimum absolute atomic E-state index is 0.0231. The van der Waals surface area contributed by atoms with Crippen LogP contribution in [0, 0.1) is 25.7 Å². The topological polar surface area (TPSA) is 89.9 Å². The molecule has 186 valence electrons. The van der Waals surface area contributed by atoms with Gasteiger partial charge in [0.1, 0.15) is 6.33 Å². The SMILES string of the molecule is Cc1ncnc(C)c1C(=O)N1CC2CN(CCC3(c4ccccc4)CCN(C(=O)O)CC3)CC2C1. The molecule has 3 aliphatic rings. The number of piperidine rings is 1. The average Bonchev–Trinajstić information content (AvgIpc) is 3.42. The number of hydrogen-bond acceptors (Lipinski definition) is 5. The van der Waals surface area contributed by atoms with Crippen molar-refractivity contribution in [3.8, 4) is 0 Å². The van der Waals surface area contributed by atoms with Crippen LogP contribution in [0.2, 0.25) is 0 Å². The Morgan fingerprint density at radius 1 is 0.943 bits per heavy atom. The molecular formula is C27H35N5O3. The Hall–Kier alpha value is -3.00. The summed E-state index contributed by atoms with van der Waals surface area (Å²) in [7, 11) is 0. The van der Waals surface area contributed by atoms with Crippen LogP contribution in [-0.4, -0.2) is 87.6 Å². The van der Waals surface area contributed by atoms with E-state index in [-0.39, 0.29) is 11.3 Å². The maximum atomic E-state index is 13.2. The molecule has 0 saturated carbocycles. The fourth-order valence-electron chi connectivity index (χ4n) is 6.47. The van der Waals surface area contributed by atoms with Crippen LogP contribution in [0.25, 0.3) is 0 Å². The van der Waals surface area contributed by atoms with Crippen LogP contribution in [-0.2, 0) is 5.41 Å². The summed E-state index contributed by atoms with van der Waals surface area (Å²) in [6, 6.07) is 10.6. The average molecular weight is 478 g/mol. The molecule has 0 bridgehead atoms. The number of carboxylic acid groups (broad SMARTS) is 1. The molecule has 1 aromatic carbocycles. The second kappa shape index (κ2) is 9.57. The lowest BCUT2D eigenvalue weighted by atomic mass is 9.70. The smallest absolute Gasteiger partial charge is 0.407 e. The number of benzene rings is 1. The highest BCUT2D eigenvalue weighted by atomic mass is 16.4. The van der Waals surface area contributed by atoms with Gasteiger partial charge in [-0.25, -0.2) is 14.8 Å². The summed E-state index contributed by atoms with van der Waals surface area (Å²) in [6.45, 7) is 9.58. The summed E-state index contributed by atoms with van der Waals surface area (Å²) in [6.07, 6.45) is 3.47. The third-order valence-electron chi connectivity index (χ3n) is 8.57. The molecule has 2 aromatic rings. The van der Waals surface area contributed by atoms with E-state index in [1.807, 2.05) is 24.8 Å². The number of aryl methyl sites for hydroxylation is 2. The van der Waals surface area contributed by atoms with Crippen molar-refractivity contribution in [2.45, 2.75) is 38.5 Å². The van der Waals surface area contributed by atoms with Crippen LogP contribution in [0.4, 0.5) is 4.79 Å². The Bertz CT molecular complexity index is 1050. The minimum atomic E-state index is -0.814. The summed E-state index contributed by atoms with van der Waals surface area (Å²) >= 11 is 0. The van der Waals surface area contributed by atoms with Crippen molar-refractivity contribution in [3.63, 3.8) is 0 Å². The quantitative estimate of drug-likeness (QED) is 0.711. The number of nitrogens with zero attached hydrogens (tertiary/aromatic N) is 5. The van der Waals surface area contributed by atoms with E-state index in [2.05, 4.69) is 39.1 Å². The predicted molar refractivity (Wildman–Crippen MR) is 132 cm³/mol.